The summed E-state index contributed by atoms with van der Waals surface area (Å²) >= 11 is 0. The molecule has 0 aliphatic carbocycles. The molecule has 1 amide bonds. The van der Waals surface area contributed by atoms with Crippen molar-refractivity contribution in [2.24, 2.45) is 11.7 Å². The normalized spacial score (nSPS) is 23.0. The summed E-state index contributed by atoms with van der Waals surface area (Å²) in [5.74, 6) is 0.0518. The van der Waals surface area contributed by atoms with Gasteiger partial charge in [-0.3, -0.25) is 9.69 Å². The molecule has 4 nitrogen and oxygen atoms in total. The van der Waals surface area contributed by atoms with Crippen LogP contribution in [-0.2, 0) is 4.79 Å². The van der Waals surface area contributed by atoms with Crippen molar-refractivity contribution in [3.8, 4) is 0 Å². The van der Waals surface area contributed by atoms with Crippen LogP contribution < -0.4 is 11.1 Å². The molecule has 0 aromatic heterocycles. The van der Waals surface area contributed by atoms with Gasteiger partial charge in [-0.2, -0.15) is 0 Å². The van der Waals surface area contributed by atoms with E-state index < -0.39 is 0 Å². The Labute approximate surface area is 125 Å². The number of amides is 1. The largest absolute Gasteiger partial charge is 0.330 e. The van der Waals surface area contributed by atoms with Crippen LogP contribution in [0.5, 0.6) is 0 Å². The number of aryl methyl sites for hydroxylation is 1. The lowest BCUT2D eigenvalue weighted by molar-refractivity contribution is -0.118. The Balaban J connectivity index is 1.92. The third-order valence-corrected chi connectivity index (χ3v) is 4.24. The van der Waals surface area contributed by atoms with Crippen molar-refractivity contribution in [2.45, 2.75) is 32.7 Å². The van der Waals surface area contributed by atoms with Crippen molar-refractivity contribution in [2.75, 3.05) is 25.0 Å². The summed E-state index contributed by atoms with van der Waals surface area (Å²) in [6.07, 6.45) is 2.19. The molecule has 1 aliphatic heterocycles. The number of carbonyl (C=O) groups is 1. The SMILES string of the molecule is Cc1ccc(NC(=O)CN2CC(CN)CCC2C)cc1F. The summed E-state index contributed by atoms with van der Waals surface area (Å²) in [6.45, 7) is 5.67. The fourth-order valence-corrected chi connectivity index (χ4v) is 2.73. The van der Waals surface area contributed by atoms with Gasteiger partial charge in [0.1, 0.15) is 5.82 Å². The van der Waals surface area contributed by atoms with Gasteiger partial charge in [-0.1, -0.05) is 6.07 Å². The molecule has 5 heteroatoms. The van der Waals surface area contributed by atoms with Crippen LogP contribution in [0.3, 0.4) is 0 Å². The van der Waals surface area contributed by atoms with E-state index in [4.69, 9.17) is 5.73 Å². The number of hydrogen-bond donors (Lipinski definition) is 2. The van der Waals surface area contributed by atoms with E-state index >= 15 is 0 Å². The maximum absolute atomic E-state index is 13.5. The second-order valence-corrected chi connectivity index (χ2v) is 5.97. The van der Waals surface area contributed by atoms with Crippen LogP contribution in [0, 0.1) is 18.7 Å². The summed E-state index contributed by atoms with van der Waals surface area (Å²) in [4.78, 5) is 14.3. The molecule has 1 aromatic rings. The van der Waals surface area contributed by atoms with Crippen LogP contribution in [0.2, 0.25) is 0 Å². The van der Waals surface area contributed by atoms with Crippen LogP contribution >= 0.6 is 0 Å². The molecule has 0 radical (unpaired) electrons. The second-order valence-electron chi connectivity index (χ2n) is 5.97. The van der Waals surface area contributed by atoms with E-state index in [2.05, 4.69) is 17.1 Å². The summed E-state index contributed by atoms with van der Waals surface area (Å²) in [7, 11) is 0. The molecule has 1 aromatic carbocycles. The van der Waals surface area contributed by atoms with Gasteiger partial charge in [0.05, 0.1) is 6.54 Å². The molecule has 0 bridgehead atoms. The van der Waals surface area contributed by atoms with Crippen molar-refractivity contribution < 1.29 is 9.18 Å². The second kappa shape index (κ2) is 7.00. The molecule has 1 heterocycles. The third-order valence-electron chi connectivity index (χ3n) is 4.24. The topological polar surface area (TPSA) is 58.4 Å². The molecule has 1 saturated heterocycles. The molecule has 21 heavy (non-hydrogen) atoms. The number of benzene rings is 1. The van der Waals surface area contributed by atoms with E-state index in [0.29, 0.717) is 36.3 Å². The zero-order chi connectivity index (χ0) is 15.4. The molecule has 2 atom stereocenters. The Hall–Kier alpha value is -1.46. The molecule has 116 valence electrons. The monoisotopic (exact) mass is 293 g/mol. The minimum atomic E-state index is -0.303. The number of rotatable bonds is 4. The fraction of sp³-hybridized carbons (Fsp3) is 0.562. The molecule has 0 saturated carbocycles. The van der Waals surface area contributed by atoms with Gasteiger partial charge < -0.3 is 11.1 Å². The predicted octanol–water partition coefficient (Wildman–Crippen LogP) is 2.13. The first-order chi connectivity index (χ1) is 9.99. The summed E-state index contributed by atoms with van der Waals surface area (Å²) < 4.78 is 13.5. The number of anilines is 1. The number of carbonyl (C=O) groups excluding carboxylic acids is 1. The molecule has 2 rings (SSSR count). The Kier molecular flexibility index (Phi) is 5.31. The van der Waals surface area contributed by atoms with Gasteiger partial charge in [0.15, 0.2) is 0 Å². The zero-order valence-electron chi connectivity index (χ0n) is 12.7. The van der Waals surface area contributed by atoms with Gasteiger partial charge in [-0.25, -0.2) is 4.39 Å². The minimum Gasteiger partial charge on any atom is -0.330 e. The predicted molar refractivity (Wildman–Crippen MR) is 82.6 cm³/mol. The minimum absolute atomic E-state index is 0.109. The maximum Gasteiger partial charge on any atom is 0.238 e. The molecule has 2 unspecified atom stereocenters. The average molecular weight is 293 g/mol. The number of nitrogens with two attached hydrogens (primary N) is 1. The van der Waals surface area contributed by atoms with E-state index in [-0.39, 0.29) is 11.7 Å². The number of halogens is 1. The zero-order valence-corrected chi connectivity index (χ0v) is 12.7. The van der Waals surface area contributed by atoms with Crippen molar-refractivity contribution in [1.29, 1.82) is 0 Å². The van der Waals surface area contributed by atoms with E-state index in [9.17, 15) is 9.18 Å². The first-order valence-electron chi connectivity index (χ1n) is 7.49. The first kappa shape index (κ1) is 15.9. The van der Waals surface area contributed by atoms with Crippen molar-refractivity contribution in [3.05, 3.63) is 29.6 Å². The summed E-state index contributed by atoms with van der Waals surface area (Å²) in [5.41, 5.74) is 6.80. The number of nitrogens with zero attached hydrogens (tertiary/aromatic N) is 1. The molecular formula is C16H24FN3O. The Bertz CT molecular complexity index is 506. The summed E-state index contributed by atoms with van der Waals surface area (Å²) in [5, 5.41) is 2.76. The number of nitrogens with one attached hydrogen (secondary N) is 1. The lowest BCUT2D eigenvalue weighted by Crippen LogP contribution is -2.47. The molecule has 1 fully saturated rings. The Morgan fingerprint density at radius 2 is 2.24 bits per heavy atom. The molecule has 3 N–H and O–H groups in total. The van der Waals surface area contributed by atoms with Crippen molar-refractivity contribution in [1.82, 2.24) is 4.90 Å². The quantitative estimate of drug-likeness (QED) is 0.894. The van der Waals surface area contributed by atoms with E-state index in [1.807, 2.05) is 0 Å². The van der Waals surface area contributed by atoms with Crippen LogP contribution in [-0.4, -0.2) is 36.5 Å². The fourth-order valence-electron chi connectivity index (χ4n) is 2.73. The van der Waals surface area contributed by atoms with E-state index in [1.54, 1.807) is 19.1 Å². The molecule has 0 spiro atoms. The Morgan fingerprint density at radius 3 is 2.90 bits per heavy atom. The van der Waals surface area contributed by atoms with Crippen LogP contribution in [0.25, 0.3) is 0 Å². The lowest BCUT2D eigenvalue weighted by atomic mass is 9.93. The number of piperidine rings is 1. The van der Waals surface area contributed by atoms with Crippen molar-refractivity contribution >= 4 is 11.6 Å². The van der Waals surface area contributed by atoms with Gasteiger partial charge in [0.2, 0.25) is 5.91 Å². The third kappa shape index (κ3) is 4.25. The van der Waals surface area contributed by atoms with Gasteiger partial charge in [0.25, 0.3) is 0 Å². The average Bonchev–Trinajstić information content (AvgIpc) is 2.45. The number of hydrogen-bond acceptors (Lipinski definition) is 3. The molecule has 1 aliphatic rings. The van der Waals surface area contributed by atoms with Crippen molar-refractivity contribution in [3.63, 3.8) is 0 Å². The highest BCUT2D eigenvalue weighted by molar-refractivity contribution is 5.92. The Morgan fingerprint density at radius 1 is 1.48 bits per heavy atom. The first-order valence-corrected chi connectivity index (χ1v) is 7.49. The highest BCUT2D eigenvalue weighted by Gasteiger charge is 2.26. The van der Waals surface area contributed by atoms with E-state index in [1.165, 1.54) is 6.07 Å². The maximum atomic E-state index is 13.5. The molecular weight excluding hydrogens is 269 g/mol. The van der Waals surface area contributed by atoms with Gasteiger partial charge in [-0.15, -0.1) is 0 Å². The van der Waals surface area contributed by atoms with Gasteiger partial charge >= 0.3 is 0 Å². The highest BCUT2D eigenvalue weighted by atomic mass is 19.1. The summed E-state index contributed by atoms with van der Waals surface area (Å²) in [6, 6.07) is 5.13. The standard InChI is InChI=1S/C16H24FN3O/c1-11-3-6-14(7-15(11)17)19-16(21)10-20-9-13(8-18)5-4-12(20)2/h3,6-7,12-13H,4-5,8-10,18H2,1-2H3,(H,19,21). The van der Waals surface area contributed by atoms with Gasteiger partial charge in [0, 0.05) is 18.3 Å². The number of likely N-dealkylation sites (tertiary alicyclic amines) is 1. The highest BCUT2D eigenvalue weighted by Crippen LogP contribution is 2.21. The van der Waals surface area contributed by atoms with Gasteiger partial charge in [-0.05, 0) is 56.8 Å². The van der Waals surface area contributed by atoms with Crippen LogP contribution in [0.4, 0.5) is 10.1 Å². The van der Waals surface area contributed by atoms with Crippen LogP contribution in [0.15, 0.2) is 18.2 Å². The lowest BCUT2D eigenvalue weighted by Gasteiger charge is -2.37. The van der Waals surface area contributed by atoms with Crippen LogP contribution in [0.1, 0.15) is 25.3 Å². The smallest absolute Gasteiger partial charge is 0.238 e. The van der Waals surface area contributed by atoms with E-state index in [0.717, 1.165) is 19.4 Å².